The van der Waals surface area contributed by atoms with Crippen LogP contribution in [0, 0.1) is 0 Å². The minimum atomic E-state index is -3.30. The Morgan fingerprint density at radius 3 is 2.86 bits per heavy atom. The van der Waals surface area contributed by atoms with E-state index in [-0.39, 0.29) is 25.1 Å². The van der Waals surface area contributed by atoms with E-state index in [9.17, 15) is 13.2 Å². The second-order valence-corrected chi connectivity index (χ2v) is 8.74. The van der Waals surface area contributed by atoms with Gasteiger partial charge in [-0.1, -0.05) is 18.2 Å². The Morgan fingerprint density at radius 2 is 2.11 bits per heavy atom. The Balaban J connectivity index is 1.61. The zero-order chi connectivity index (χ0) is 20.1. The normalized spacial score (nSPS) is 18.1. The first-order valence-electron chi connectivity index (χ1n) is 9.09. The molecule has 11 heteroatoms. The van der Waals surface area contributed by atoms with Gasteiger partial charge in [-0.05, 0) is 18.9 Å². The molecule has 1 aliphatic rings. The topological polar surface area (TPSA) is 129 Å². The number of amides is 1. The highest BCUT2D eigenvalue weighted by atomic mass is 32.2. The average Bonchev–Trinajstić information content (AvgIpc) is 3.03. The molecule has 0 saturated carbocycles. The van der Waals surface area contributed by atoms with Gasteiger partial charge in [-0.2, -0.15) is 0 Å². The molecule has 0 unspecified atom stereocenters. The Labute approximate surface area is 163 Å². The SMILES string of the molecule is O=C(CCN1CCCCS1(=O)=O)N[C@@H](Cc1coc2ccccc12)OB(O)O. The molecule has 2 heterocycles. The summed E-state index contributed by atoms with van der Waals surface area (Å²) >= 11 is 0. The van der Waals surface area contributed by atoms with Crippen LogP contribution in [0.25, 0.3) is 11.0 Å². The number of carbonyl (C=O) groups is 1. The van der Waals surface area contributed by atoms with Gasteiger partial charge in [0.05, 0.1) is 12.0 Å². The number of hydrogen-bond acceptors (Lipinski definition) is 7. The predicted octanol–water partition coefficient (Wildman–Crippen LogP) is 0.219. The van der Waals surface area contributed by atoms with Crippen LogP contribution in [0.1, 0.15) is 24.8 Å². The lowest BCUT2D eigenvalue weighted by Crippen LogP contribution is -2.44. The van der Waals surface area contributed by atoms with Crippen molar-refractivity contribution in [2.45, 2.75) is 31.9 Å². The van der Waals surface area contributed by atoms with Crippen molar-refractivity contribution in [3.05, 3.63) is 36.1 Å². The molecule has 1 aliphatic heterocycles. The fourth-order valence-corrected chi connectivity index (χ4v) is 4.84. The van der Waals surface area contributed by atoms with Gasteiger partial charge in [0.25, 0.3) is 0 Å². The number of nitrogens with one attached hydrogen (secondary N) is 1. The van der Waals surface area contributed by atoms with Gasteiger partial charge in [-0.15, -0.1) is 0 Å². The molecular weight excluding hydrogens is 387 g/mol. The lowest BCUT2D eigenvalue weighted by molar-refractivity contribution is -0.124. The van der Waals surface area contributed by atoms with Crippen LogP contribution >= 0.6 is 0 Å². The standard InChI is InChI=1S/C17H23BN2O7S/c21-16(7-9-20-8-3-4-10-28(20,24)25)19-17(27-18(22)23)11-13-12-26-15-6-2-1-5-14(13)15/h1-2,5-6,12,17,22-23H,3-4,7-11H2,(H,19,21)/t17-/m1/s1. The van der Waals surface area contributed by atoms with E-state index in [2.05, 4.69) is 5.32 Å². The molecule has 2 aromatic rings. The molecular formula is C17H23BN2O7S. The minimum absolute atomic E-state index is 0.0489. The van der Waals surface area contributed by atoms with E-state index in [1.165, 1.54) is 10.6 Å². The van der Waals surface area contributed by atoms with Crippen molar-refractivity contribution in [3.8, 4) is 0 Å². The number of rotatable bonds is 8. The third kappa shape index (κ3) is 5.33. The smallest absolute Gasteiger partial charge is 0.464 e. The highest BCUT2D eigenvalue weighted by molar-refractivity contribution is 7.89. The second kappa shape index (κ2) is 9.06. The fourth-order valence-electron chi connectivity index (χ4n) is 3.24. The number of carbonyl (C=O) groups excluding carboxylic acids is 1. The highest BCUT2D eigenvalue weighted by Crippen LogP contribution is 2.22. The molecule has 152 valence electrons. The van der Waals surface area contributed by atoms with Crippen molar-refractivity contribution in [1.29, 1.82) is 0 Å². The van der Waals surface area contributed by atoms with Crippen LogP contribution in [-0.4, -0.2) is 61.1 Å². The van der Waals surface area contributed by atoms with E-state index < -0.39 is 29.5 Å². The van der Waals surface area contributed by atoms with Gasteiger partial charge >= 0.3 is 7.32 Å². The van der Waals surface area contributed by atoms with E-state index in [0.717, 1.165) is 17.4 Å². The monoisotopic (exact) mass is 410 g/mol. The average molecular weight is 410 g/mol. The predicted molar refractivity (Wildman–Crippen MR) is 102 cm³/mol. The van der Waals surface area contributed by atoms with Crippen molar-refractivity contribution >= 4 is 34.2 Å². The number of hydrogen-bond donors (Lipinski definition) is 3. The van der Waals surface area contributed by atoms with Crippen LogP contribution < -0.4 is 5.32 Å². The number of nitrogens with zero attached hydrogens (tertiary/aromatic N) is 1. The van der Waals surface area contributed by atoms with Gasteiger partial charge in [-0.25, -0.2) is 12.7 Å². The maximum Gasteiger partial charge on any atom is 0.635 e. The quantitative estimate of drug-likeness (QED) is 0.419. The summed E-state index contributed by atoms with van der Waals surface area (Å²) in [4.78, 5) is 12.3. The molecule has 1 amide bonds. The summed E-state index contributed by atoms with van der Waals surface area (Å²) in [6, 6.07) is 7.32. The van der Waals surface area contributed by atoms with Crippen molar-refractivity contribution in [3.63, 3.8) is 0 Å². The molecule has 0 spiro atoms. The first-order valence-corrected chi connectivity index (χ1v) is 10.7. The maximum atomic E-state index is 12.3. The minimum Gasteiger partial charge on any atom is -0.464 e. The van der Waals surface area contributed by atoms with Gasteiger partial charge in [0, 0.05) is 36.9 Å². The van der Waals surface area contributed by atoms with E-state index in [1.54, 1.807) is 6.07 Å². The number of furan rings is 1. The van der Waals surface area contributed by atoms with Crippen molar-refractivity contribution in [2.75, 3.05) is 18.8 Å². The van der Waals surface area contributed by atoms with Gasteiger partial charge in [0.1, 0.15) is 11.8 Å². The van der Waals surface area contributed by atoms with Crippen LogP contribution in [0.2, 0.25) is 0 Å². The largest absolute Gasteiger partial charge is 0.635 e. The van der Waals surface area contributed by atoms with Gasteiger partial charge in [0.15, 0.2) is 0 Å². The van der Waals surface area contributed by atoms with Crippen LogP contribution in [0.5, 0.6) is 0 Å². The Morgan fingerprint density at radius 1 is 1.32 bits per heavy atom. The van der Waals surface area contributed by atoms with Gasteiger partial charge in [-0.3, -0.25) is 4.79 Å². The number of sulfonamides is 1. The lowest BCUT2D eigenvalue weighted by atomic mass is 10.1. The van der Waals surface area contributed by atoms with E-state index in [0.29, 0.717) is 18.5 Å². The third-order valence-corrected chi connectivity index (χ3v) is 6.57. The van der Waals surface area contributed by atoms with Crippen LogP contribution in [0.3, 0.4) is 0 Å². The van der Waals surface area contributed by atoms with E-state index in [1.807, 2.05) is 18.2 Å². The first-order chi connectivity index (χ1) is 13.3. The van der Waals surface area contributed by atoms with Gasteiger partial charge in [0.2, 0.25) is 15.9 Å². The molecule has 1 aromatic carbocycles. The second-order valence-electron chi connectivity index (χ2n) is 6.65. The molecule has 28 heavy (non-hydrogen) atoms. The van der Waals surface area contributed by atoms with Crippen LogP contribution in [0.4, 0.5) is 0 Å². The molecule has 0 radical (unpaired) electrons. The first kappa shape index (κ1) is 20.8. The summed E-state index contributed by atoms with van der Waals surface area (Å²) in [5.74, 6) is -0.343. The lowest BCUT2D eigenvalue weighted by Gasteiger charge is -2.26. The summed E-state index contributed by atoms with van der Waals surface area (Å²) in [5.41, 5.74) is 1.41. The maximum absolute atomic E-state index is 12.3. The Kier molecular flexibility index (Phi) is 6.73. The summed E-state index contributed by atoms with van der Waals surface area (Å²) < 4.78 is 35.7. The van der Waals surface area contributed by atoms with E-state index >= 15 is 0 Å². The fraction of sp³-hybridized carbons (Fsp3) is 0.471. The molecule has 1 aromatic heterocycles. The number of benzene rings is 1. The molecule has 1 atom stereocenters. The molecule has 1 saturated heterocycles. The van der Waals surface area contributed by atoms with Gasteiger partial charge < -0.3 is 24.4 Å². The molecule has 1 fully saturated rings. The number of para-hydroxylation sites is 1. The highest BCUT2D eigenvalue weighted by Gasteiger charge is 2.27. The Bertz CT molecular complexity index is 915. The van der Waals surface area contributed by atoms with Crippen LogP contribution in [0.15, 0.2) is 34.9 Å². The van der Waals surface area contributed by atoms with Crippen molar-refractivity contribution in [2.24, 2.45) is 0 Å². The number of fused-ring (bicyclic) bond motifs is 1. The molecule has 3 rings (SSSR count). The summed E-state index contributed by atoms with van der Waals surface area (Å²) in [6.45, 7) is 0.489. The molecule has 9 nitrogen and oxygen atoms in total. The van der Waals surface area contributed by atoms with Crippen molar-refractivity contribution in [1.82, 2.24) is 9.62 Å². The summed E-state index contributed by atoms with van der Waals surface area (Å²) in [7, 11) is -5.37. The molecule has 0 bridgehead atoms. The van der Waals surface area contributed by atoms with Crippen molar-refractivity contribution < 1.29 is 32.3 Å². The summed E-state index contributed by atoms with van der Waals surface area (Å²) in [6.07, 6.45) is 2.03. The Hall–Kier alpha value is -1.92. The van der Waals surface area contributed by atoms with Crippen LogP contribution in [-0.2, 0) is 25.9 Å². The molecule has 0 aliphatic carbocycles. The molecule has 3 N–H and O–H groups in total. The zero-order valence-corrected chi connectivity index (χ0v) is 16.1. The zero-order valence-electron chi connectivity index (χ0n) is 15.3. The van der Waals surface area contributed by atoms with E-state index in [4.69, 9.17) is 19.1 Å². The summed E-state index contributed by atoms with van der Waals surface area (Å²) in [5, 5.41) is 21.7. The third-order valence-electron chi connectivity index (χ3n) is 4.62.